The highest BCUT2D eigenvalue weighted by Crippen LogP contribution is 2.26. The smallest absolute Gasteiger partial charge is 0.240 e. The van der Waals surface area contributed by atoms with Crippen molar-refractivity contribution >= 4 is 32.4 Å². The molecule has 0 atom stereocenters. The van der Waals surface area contributed by atoms with Gasteiger partial charge in [0.1, 0.15) is 5.15 Å². The SMILES string of the molecule is CC.CCNS(=O)(=O)c1ccc2c(C)cnc(Cl)c2c1. The lowest BCUT2D eigenvalue weighted by molar-refractivity contribution is 0.584. The van der Waals surface area contributed by atoms with Crippen LogP contribution in [0.5, 0.6) is 0 Å². The van der Waals surface area contributed by atoms with Gasteiger partial charge in [0.2, 0.25) is 10.0 Å². The van der Waals surface area contributed by atoms with Crippen molar-refractivity contribution in [2.45, 2.75) is 32.6 Å². The van der Waals surface area contributed by atoms with Crippen LogP contribution in [-0.4, -0.2) is 19.9 Å². The van der Waals surface area contributed by atoms with Gasteiger partial charge in [0.25, 0.3) is 0 Å². The van der Waals surface area contributed by atoms with Gasteiger partial charge in [-0.25, -0.2) is 18.1 Å². The summed E-state index contributed by atoms with van der Waals surface area (Å²) in [5.41, 5.74) is 0.960. The fraction of sp³-hybridized carbons (Fsp3) is 0.357. The first kappa shape index (κ1) is 16.9. The highest BCUT2D eigenvalue weighted by Gasteiger charge is 2.14. The van der Waals surface area contributed by atoms with E-state index in [0.717, 1.165) is 10.9 Å². The number of hydrogen-bond acceptors (Lipinski definition) is 3. The van der Waals surface area contributed by atoms with Crippen LogP contribution in [0.15, 0.2) is 29.3 Å². The Kier molecular flexibility index (Phi) is 5.92. The van der Waals surface area contributed by atoms with Gasteiger partial charge in [-0.1, -0.05) is 38.4 Å². The third-order valence-electron chi connectivity index (χ3n) is 2.65. The molecule has 0 aliphatic rings. The molecule has 1 aromatic heterocycles. The molecule has 0 bridgehead atoms. The summed E-state index contributed by atoms with van der Waals surface area (Å²) in [7, 11) is -3.47. The number of pyridine rings is 1. The fourth-order valence-electron chi connectivity index (χ4n) is 1.77. The van der Waals surface area contributed by atoms with Crippen molar-refractivity contribution in [2.24, 2.45) is 0 Å². The topological polar surface area (TPSA) is 59.1 Å². The molecule has 0 fully saturated rings. The van der Waals surface area contributed by atoms with Gasteiger partial charge in [-0.05, 0) is 30.0 Å². The predicted molar refractivity (Wildman–Crippen MR) is 83.7 cm³/mol. The molecule has 0 unspecified atom stereocenters. The molecule has 2 aromatic rings. The molecular formula is C14H19ClN2O2S. The average molecular weight is 315 g/mol. The lowest BCUT2D eigenvalue weighted by atomic mass is 10.1. The zero-order chi connectivity index (χ0) is 15.3. The number of sulfonamides is 1. The van der Waals surface area contributed by atoms with Crippen LogP contribution in [0.2, 0.25) is 5.15 Å². The number of hydrogen-bond donors (Lipinski definition) is 1. The summed E-state index contributed by atoms with van der Waals surface area (Å²) >= 11 is 6.00. The Morgan fingerprint density at radius 3 is 2.50 bits per heavy atom. The van der Waals surface area contributed by atoms with Gasteiger partial charge in [-0.2, -0.15) is 0 Å². The highest BCUT2D eigenvalue weighted by atomic mass is 35.5. The van der Waals surface area contributed by atoms with Crippen LogP contribution in [0.3, 0.4) is 0 Å². The van der Waals surface area contributed by atoms with E-state index in [9.17, 15) is 8.42 Å². The van der Waals surface area contributed by atoms with Crippen molar-refractivity contribution in [3.05, 3.63) is 35.1 Å². The maximum Gasteiger partial charge on any atom is 0.240 e. The first-order valence-electron chi connectivity index (χ1n) is 6.50. The van der Waals surface area contributed by atoms with Crippen molar-refractivity contribution in [2.75, 3.05) is 6.54 Å². The first-order chi connectivity index (χ1) is 9.45. The molecule has 110 valence electrons. The first-order valence-corrected chi connectivity index (χ1v) is 8.36. The van der Waals surface area contributed by atoms with E-state index in [-0.39, 0.29) is 4.90 Å². The second-order valence-corrected chi connectivity index (χ2v) is 6.07. The highest BCUT2D eigenvalue weighted by molar-refractivity contribution is 7.89. The monoisotopic (exact) mass is 314 g/mol. The largest absolute Gasteiger partial charge is 0.244 e. The number of halogens is 1. The third kappa shape index (κ3) is 3.48. The molecule has 20 heavy (non-hydrogen) atoms. The minimum atomic E-state index is -3.47. The maximum absolute atomic E-state index is 11.9. The predicted octanol–water partition coefficient (Wildman–Crippen LogP) is 3.52. The van der Waals surface area contributed by atoms with E-state index in [1.54, 1.807) is 31.3 Å². The van der Waals surface area contributed by atoms with Crippen LogP contribution < -0.4 is 4.72 Å². The molecule has 0 saturated carbocycles. The van der Waals surface area contributed by atoms with Crippen LogP contribution in [0.4, 0.5) is 0 Å². The lowest BCUT2D eigenvalue weighted by Gasteiger charge is -2.08. The summed E-state index contributed by atoms with van der Waals surface area (Å²) < 4.78 is 26.2. The van der Waals surface area contributed by atoms with E-state index < -0.39 is 10.0 Å². The Balaban J connectivity index is 0.000000956. The average Bonchev–Trinajstić information content (AvgIpc) is 2.45. The zero-order valence-corrected chi connectivity index (χ0v) is 13.6. The summed E-state index contributed by atoms with van der Waals surface area (Å²) in [5.74, 6) is 0. The lowest BCUT2D eigenvalue weighted by Crippen LogP contribution is -2.23. The van der Waals surface area contributed by atoms with Crippen molar-refractivity contribution in [3.8, 4) is 0 Å². The molecule has 0 amide bonds. The molecule has 0 radical (unpaired) electrons. The van der Waals surface area contributed by atoms with E-state index in [0.29, 0.717) is 17.1 Å². The van der Waals surface area contributed by atoms with Gasteiger partial charge in [-0.15, -0.1) is 0 Å². The van der Waals surface area contributed by atoms with Crippen LogP contribution in [0.25, 0.3) is 10.8 Å². The Morgan fingerprint density at radius 2 is 1.90 bits per heavy atom. The quantitative estimate of drug-likeness (QED) is 0.882. The number of nitrogens with zero attached hydrogens (tertiary/aromatic N) is 1. The van der Waals surface area contributed by atoms with E-state index in [2.05, 4.69) is 9.71 Å². The molecule has 1 N–H and O–H groups in total. The second-order valence-electron chi connectivity index (χ2n) is 3.94. The number of fused-ring (bicyclic) bond motifs is 1. The molecule has 2 rings (SSSR count). The molecular weight excluding hydrogens is 296 g/mol. The number of benzene rings is 1. The molecule has 0 aliphatic carbocycles. The van der Waals surface area contributed by atoms with Crippen molar-refractivity contribution in [1.29, 1.82) is 0 Å². The van der Waals surface area contributed by atoms with E-state index in [1.165, 1.54) is 0 Å². The molecule has 6 heteroatoms. The van der Waals surface area contributed by atoms with Gasteiger partial charge in [0.05, 0.1) is 4.90 Å². The zero-order valence-electron chi connectivity index (χ0n) is 12.1. The van der Waals surface area contributed by atoms with Crippen molar-refractivity contribution in [3.63, 3.8) is 0 Å². The second kappa shape index (κ2) is 7.02. The van der Waals surface area contributed by atoms with Gasteiger partial charge >= 0.3 is 0 Å². The maximum atomic E-state index is 11.9. The minimum absolute atomic E-state index is 0.200. The summed E-state index contributed by atoms with van der Waals surface area (Å²) in [6.07, 6.45) is 1.67. The summed E-state index contributed by atoms with van der Waals surface area (Å²) in [6.45, 7) is 7.99. The number of nitrogens with one attached hydrogen (secondary N) is 1. The van der Waals surface area contributed by atoms with Gasteiger partial charge < -0.3 is 0 Å². The van der Waals surface area contributed by atoms with Crippen LogP contribution in [0.1, 0.15) is 26.3 Å². The van der Waals surface area contributed by atoms with E-state index in [4.69, 9.17) is 11.6 Å². The summed E-state index contributed by atoms with van der Waals surface area (Å²) in [4.78, 5) is 4.23. The minimum Gasteiger partial charge on any atom is -0.244 e. The number of rotatable bonds is 3. The van der Waals surface area contributed by atoms with Crippen molar-refractivity contribution in [1.82, 2.24) is 9.71 Å². The van der Waals surface area contributed by atoms with Crippen LogP contribution >= 0.6 is 11.6 Å². The standard InChI is InChI=1S/C12H13ClN2O2S.C2H6/c1-3-15-18(16,17)9-4-5-10-8(2)7-14-12(13)11(10)6-9;1-2/h4-7,15H,3H2,1-2H3;1-2H3. The Labute approximate surface area is 125 Å². The van der Waals surface area contributed by atoms with Gasteiger partial charge in [0.15, 0.2) is 0 Å². The molecule has 0 aliphatic heterocycles. The Hall–Kier alpha value is -1.17. The Bertz CT molecular complexity index is 700. The van der Waals surface area contributed by atoms with Crippen LogP contribution in [-0.2, 0) is 10.0 Å². The molecule has 4 nitrogen and oxygen atoms in total. The van der Waals surface area contributed by atoms with Crippen LogP contribution in [0, 0.1) is 6.92 Å². The van der Waals surface area contributed by atoms with Gasteiger partial charge in [-0.3, -0.25) is 0 Å². The van der Waals surface area contributed by atoms with E-state index in [1.807, 2.05) is 20.8 Å². The molecule has 1 heterocycles. The molecule has 0 spiro atoms. The number of aromatic nitrogens is 1. The summed E-state index contributed by atoms with van der Waals surface area (Å²) in [5, 5.41) is 1.87. The number of aryl methyl sites for hydroxylation is 1. The van der Waals surface area contributed by atoms with E-state index >= 15 is 0 Å². The van der Waals surface area contributed by atoms with Crippen molar-refractivity contribution < 1.29 is 8.42 Å². The molecule has 1 aromatic carbocycles. The summed E-state index contributed by atoms with van der Waals surface area (Å²) in [6, 6.07) is 4.88. The third-order valence-corrected chi connectivity index (χ3v) is 4.50. The molecule has 0 saturated heterocycles. The fourth-order valence-corrected chi connectivity index (χ4v) is 3.04. The Morgan fingerprint density at radius 1 is 1.25 bits per heavy atom. The normalized spacial score (nSPS) is 11.1. The van der Waals surface area contributed by atoms with Gasteiger partial charge in [0, 0.05) is 18.1 Å².